The van der Waals surface area contributed by atoms with Crippen molar-refractivity contribution in [3.63, 3.8) is 0 Å². The fraction of sp³-hybridized carbons (Fsp3) is 0.286. The summed E-state index contributed by atoms with van der Waals surface area (Å²) < 4.78 is 4.64. The van der Waals surface area contributed by atoms with Crippen LogP contribution in [0.25, 0.3) is 0 Å². The van der Waals surface area contributed by atoms with Crippen molar-refractivity contribution in [2.45, 2.75) is 26.3 Å². The summed E-state index contributed by atoms with van der Waals surface area (Å²) in [5.74, 6) is -0.714. The van der Waals surface area contributed by atoms with E-state index in [4.69, 9.17) is 0 Å². The minimum Gasteiger partial charge on any atom is -0.465 e. The van der Waals surface area contributed by atoms with Crippen LogP contribution >= 0.6 is 0 Å². The molecule has 1 atom stereocenters. The minimum atomic E-state index is -0.431. The van der Waals surface area contributed by atoms with Gasteiger partial charge in [-0.05, 0) is 36.8 Å². The number of hydrogen-bond acceptors (Lipinski definition) is 4. The lowest BCUT2D eigenvalue weighted by Crippen LogP contribution is -2.34. The molecule has 2 aromatic carbocycles. The largest absolute Gasteiger partial charge is 0.465 e. The van der Waals surface area contributed by atoms with Crippen LogP contribution in [-0.4, -0.2) is 36.3 Å². The third-order valence-electron chi connectivity index (χ3n) is 4.32. The van der Waals surface area contributed by atoms with Gasteiger partial charge in [0.05, 0.1) is 18.7 Å². The maximum Gasteiger partial charge on any atom is 0.337 e. The highest BCUT2D eigenvalue weighted by molar-refractivity contribution is 5.93. The van der Waals surface area contributed by atoms with Gasteiger partial charge < -0.3 is 15.0 Å². The summed E-state index contributed by atoms with van der Waals surface area (Å²) in [5.41, 5.74) is 2.01. The second-order valence-electron chi connectivity index (χ2n) is 6.17. The number of benzene rings is 2. The number of rotatable bonds is 7. The van der Waals surface area contributed by atoms with Crippen molar-refractivity contribution in [2.75, 3.05) is 19.0 Å². The van der Waals surface area contributed by atoms with Gasteiger partial charge in [0.15, 0.2) is 0 Å². The standard InChI is InChI=1S/C21H24N2O4/c1-15(17-7-5-4-6-8-17)23(16(2)24)14-13-20(25)22-19-11-9-18(10-12-19)21(26)27-3/h4-12,15H,13-14H2,1-3H3,(H,22,25). The Balaban J connectivity index is 1.94. The molecule has 0 bridgehead atoms. The number of nitrogens with one attached hydrogen (secondary N) is 1. The molecule has 0 aliphatic rings. The molecule has 142 valence electrons. The van der Waals surface area contributed by atoms with E-state index in [-0.39, 0.29) is 24.3 Å². The first-order chi connectivity index (χ1) is 12.9. The highest BCUT2D eigenvalue weighted by Gasteiger charge is 2.19. The number of amides is 2. The topological polar surface area (TPSA) is 75.7 Å². The highest BCUT2D eigenvalue weighted by Crippen LogP contribution is 2.20. The molecule has 0 radical (unpaired) electrons. The summed E-state index contributed by atoms with van der Waals surface area (Å²) in [5, 5.41) is 2.77. The molecule has 1 unspecified atom stereocenters. The zero-order chi connectivity index (χ0) is 19.8. The maximum absolute atomic E-state index is 12.2. The van der Waals surface area contributed by atoms with E-state index in [9.17, 15) is 14.4 Å². The van der Waals surface area contributed by atoms with Crippen molar-refractivity contribution in [1.29, 1.82) is 0 Å². The predicted molar refractivity (Wildman–Crippen MR) is 103 cm³/mol. The molecular formula is C21H24N2O4. The van der Waals surface area contributed by atoms with Gasteiger partial charge in [0.1, 0.15) is 0 Å². The second kappa shape index (κ2) is 9.52. The van der Waals surface area contributed by atoms with Gasteiger partial charge >= 0.3 is 5.97 Å². The Kier molecular flexibility index (Phi) is 7.11. The Morgan fingerprint density at radius 2 is 1.67 bits per heavy atom. The number of carbonyl (C=O) groups is 3. The van der Waals surface area contributed by atoms with E-state index < -0.39 is 5.97 Å². The van der Waals surface area contributed by atoms with Gasteiger partial charge in [-0.1, -0.05) is 30.3 Å². The van der Waals surface area contributed by atoms with Crippen LogP contribution < -0.4 is 5.32 Å². The van der Waals surface area contributed by atoms with Gasteiger partial charge in [-0.2, -0.15) is 0 Å². The number of methoxy groups -OCH3 is 1. The van der Waals surface area contributed by atoms with Gasteiger partial charge in [-0.25, -0.2) is 4.79 Å². The zero-order valence-corrected chi connectivity index (χ0v) is 15.8. The molecule has 0 aliphatic carbocycles. The fourth-order valence-electron chi connectivity index (χ4n) is 2.79. The molecule has 0 heterocycles. The molecule has 0 saturated heterocycles. The van der Waals surface area contributed by atoms with E-state index in [1.807, 2.05) is 37.3 Å². The van der Waals surface area contributed by atoms with Crippen molar-refractivity contribution in [1.82, 2.24) is 4.90 Å². The number of hydrogen-bond donors (Lipinski definition) is 1. The average molecular weight is 368 g/mol. The van der Waals surface area contributed by atoms with Gasteiger partial charge in [0, 0.05) is 25.6 Å². The lowest BCUT2D eigenvalue weighted by atomic mass is 10.1. The smallest absolute Gasteiger partial charge is 0.337 e. The summed E-state index contributed by atoms with van der Waals surface area (Å²) in [6.07, 6.45) is 0.176. The lowest BCUT2D eigenvalue weighted by Gasteiger charge is -2.28. The number of anilines is 1. The molecule has 0 fully saturated rings. The van der Waals surface area contributed by atoms with Crippen LogP contribution in [0.5, 0.6) is 0 Å². The maximum atomic E-state index is 12.2. The highest BCUT2D eigenvalue weighted by atomic mass is 16.5. The first-order valence-electron chi connectivity index (χ1n) is 8.72. The summed E-state index contributed by atoms with van der Waals surface area (Å²) in [6, 6.07) is 16.0. The van der Waals surface area contributed by atoms with Gasteiger partial charge in [0.2, 0.25) is 11.8 Å². The van der Waals surface area contributed by atoms with Gasteiger partial charge in [0.25, 0.3) is 0 Å². The van der Waals surface area contributed by atoms with Crippen molar-refractivity contribution >= 4 is 23.5 Å². The molecule has 1 N–H and O–H groups in total. The van der Waals surface area contributed by atoms with E-state index in [0.29, 0.717) is 17.8 Å². The number of esters is 1. The van der Waals surface area contributed by atoms with Crippen molar-refractivity contribution in [3.8, 4) is 0 Å². The van der Waals surface area contributed by atoms with Gasteiger partial charge in [-0.3, -0.25) is 9.59 Å². The molecule has 2 aromatic rings. The summed E-state index contributed by atoms with van der Waals surface area (Å²) >= 11 is 0. The molecule has 0 aliphatic heterocycles. The number of carbonyl (C=O) groups excluding carboxylic acids is 3. The summed E-state index contributed by atoms with van der Waals surface area (Å²) in [4.78, 5) is 37.3. The van der Waals surface area contributed by atoms with E-state index in [2.05, 4.69) is 10.1 Å². The third-order valence-corrected chi connectivity index (χ3v) is 4.32. The Morgan fingerprint density at radius 3 is 2.22 bits per heavy atom. The molecule has 6 nitrogen and oxygen atoms in total. The molecule has 0 saturated carbocycles. The monoisotopic (exact) mass is 368 g/mol. The molecule has 27 heavy (non-hydrogen) atoms. The Morgan fingerprint density at radius 1 is 1.04 bits per heavy atom. The van der Waals surface area contributed by atoms with E-state index in [0.717, 1.165) is 5.56 Å². The van der Waals surface area contributed by atoms with Crippen molar-refractivity contribution < 1.29 is 19.1 Å². The van der Waals surface area contributed by atoms with E-state index in [1.54, 1.807) is 29.2 Å². The first kappa shape index (κ1) is 20.2. The van der Waals surface area contributed by atoms with Crippen LogP contribution in [0.3, 0.4) is 0 Å². The Bertz CT molecular complexity index is 788. The van der Waals surface area contributed by atoms with Crippen molar-refractivity contribution in [3.05, 3.63) is 65.7 Å². The number of ether oxygens (including phenoxy) is 1. The van der Waals surface area contributed by atoms with E-state index in [1.165, 1.54) is 14.0 Å². The van der Waals surface area contributed by atoms with Crippen LogP contribution in [0.4, 0.5) is 5.69 Å². The Hall–Kier alpha value is -3.15. The Labute approximate surface area is 159 Å². The SMILES string of the molecule is COC(=O)c1ccc(NC(=O)CCN(C(C)=O)C(C)c2ccccc2)cc1. The molecule has 2 amide bonds. The molecular weight excluding hydrogens is 344 g/mol. The second-order valence-corrected chi connectivity index (χ2v) is 6.17. The minimum absolute atomic E-state index is 0.0819. The summed E-state index contributed by atoms with van der Waals surface area (Å²) in [7, 11) is 1.31. The van der Waals surface area contributed by atoms with E-state index >= 15 is 0 Å². The predicted octanol–water partition coefficient (Wildman–Crippen LogP) is 3.41. The fourth-order valence-corrected chi connectivity index (χ4v) is 2.79. The normalized spacial score (nSPS) is 11.4. The molecule has 2 rings (SSSR count). The van der Waals surface area contributed by atoms with Crippen LogP contribution in [0.2, 0.25) is 0 Å². The number of nitrogens with zero attached hydrogens (tertiary/aromatic N) is 1. The van der Waals surface area contributed by atoms with Gasteiger partial charge in [-0.15, -0.1) is 0 Å². The quantitative estimate of drug-likeness (QED) is 0.760. The average Bonchev–Trinajstić information content (AvgIpc) is 2.68. The lowest BCUT2D eigenvalue weighted by molar-refractivity contribution is -0.131. The van der Waals surface area contributed by atoms with Crippen LogP contribution in [-0.2, 0) is 14.3 Å². The third kappa shape index (κ3) is 5.67. The van der Waals surface area contributed by atoms with Crippen LogP contribution in [0, 0.1) is 0 Å². The summed E-state index contributed by atoms with van der Waals surface area (Å²) in [6.45, 7) is 3.76. The molecule has 0 spiro atoms. The van der Waals surface area contributed by atoms with Crippen LogP contribution in [0.15, 0.2) is 54.6 Å². The molecule has 6 heteroatoms. The molecule has 0 aromatic heterocycles. The zero-order valence-electron chi connectivity index (χ0n) is 15.8. The van der Waals surface area contributed by atoms with Crippen LogP contribution in [0.1, 0.15) is 42.2 Å². The van der Waals surface area contributed by atoms with Crippen molar-refractivity contribution in [2.24, 2.45) is 0 Å². The first-order valence-corrected chi connectivity index (χ1v) is 8.72.